The van der Waals surface area contributed by atoms with Crippen LogP contribution in [0.2, 0.25) is 0 Å². The number of aliphatic hydroxyl groups excluding tert-OH is 2. The molecule has 2 N–H and O–H groups in total. The predicted octanol–water partition coefficient (Wildman–Crippen LogP) is 2.99. The fourth-order valence-electron chi connectivity index (χ4n) is 1.87. The Morgan fingerprint density at radius 1 is 0.941 bits per heavy atom. The minimum Gasteiger partial charge on any atom is -0.473 e. The van der Waals surface area contributed by atoms with E-state index in [-0.39, 0.29) is 18.6 Å². The second kappa shape index (κ2) is 10.4. The molecule has 0 spiro atoms. The third kappa shape index (κ3) is 7.18. The zero-order valence-electron chi connectivity index (χ0n) is 11.1. The smallest absolute Gasteiger partial charge is 0.0858 e. The number of rotatable bonds is 4. The average Bonchev–Trinajstić information content (AvgIpc) is 2.41. The van der Waals surface area contributed by atoms with Crippen molar-refractivity contribution >= 4 is 0 Å². The van der Waals surface area contributed by atoms with Gasteiger partial charge >= 0.3 is 0 Å². The fourth-order valence-corrected chi connectivity index (χ4v) is 1.87. The first-order chi connectivity index (χ1) is 8.24. The maximum atomic E-state index is 8.98. The molecule has 1 aliphatic carbocycles. The summed E-state index contributed by atoms with van der Waals surface area (Å²) >= 11 is 0. The van der Waals surface area contributed by atoms with Gasteiger partial charge in [0.25, 0.3) is 0 Å². The number of aliphatic hydroxyl groups is 2. The van der Waals surface area contributed by atoms with Crippen molar-refractivity contribution in [2.75, 3.05) is 13.2 Å². The van der Waals surface area contributed by atoms with E-state index in [0.717, 1.165) is 12.8 Å². The van der Waals surface area contributed by atoms with Crippen LogP contribution in [0.1, 0.15) is 46.0 Å². The van der Waals surface area contributed by atoms with Gasteiger partial charge in [0.2, 0.25) is 0 Å². The van der Waals surface area contributed by atoms with Crippen LogP contribution >= 0.6 is 0 Å². The van der Waals surface area contributed by atoms with E-state index in [1.165, 1.54) is 19.3 Å². The van der Waals surface area contributed by atoms with Crippen molar-refractivity contribution in [1.29, 1.82) is 0 Å². The van der Waals surface area contributed by atoms with Gasteiger partial charge in [0.1, 0.15) is 0 Å². The van der Waals surface area contributed by atoms with E-state index in [9.17, 15) is 0 Å². The molecule has 1 aliphatic rings. The third-order valence-electron chi connectivity index (χ3n) is 3.01. The van der Waals surface area contributed by atoms with E-state index in [4.69, 9.17) is 14.9 Å². The quantitative estimate of drug-likeness (QED) is 0.745. The number of ether oxygens (including phenoxy) is 1. The van der Waals surface area contributed by atoms with Crippen LogP contribution in [0.4, 0.5) is 0 Å². The minimum atomic E-state index is -0.127. The summed E-state index contributed by atoms with van der Waals surface area (Å²) in [5.74, 6) is 0. The molecule has 0 aromatic rings. The molecule has 1 rings (SSSR count). The molecule has 0 amide bonds. The van der Waals surface area contributed by atoms with Crippen LogP contribution < -0.4 is 0 Å². The molecule has 1 saturated carbocycles. The Labute approximate surface area is 105 Å². The van der Waals surface area contributed by atoms with Crippen LogP contribution in [0.25, 0.3) is 0 Å². The molecule has 3 nitrogen and oxygen atoms in total. The molecule has 17 heavy (non-hydrogen) atoms. The van der Waals surface area contributed by atoms with Gasteiger partial charge in [-0.3, -0.25) is 0 Å². The average molecular weight is 242 g/mol. The van der Waals surface area contributed by atoms with Gasteiger partial charge in [0.05, 0.1) is 25.7 Å². The second-order valence-electron chi connectivity index (χ2n) is 4.45. The highest BCUT2D eigenvalue weighted by molar-refractivity contribution is 4.81. The Bertz CT molecular complexity index is 200. The Morgan fingerprint density at radius 2 is 1.41 bits per heavy atom. The molecule has 0 unspecified atom stereocenters. The summed E-state index contributed by atoms with van der Waals surface area (Å²) in [6.07, 6.45) is 12.5. The molecule has 0 heterocycles. The van der Waals surface area contributed by atoms with Gasteiger partial charge in [-0.2, -0.15) is 0 Å². The van der Waals surface area contributed by atoms with Gasteiger partial charge in [-0.1, -0.05) is 31.4 Å². The van der Waals surface area contributed by atoms with E-state index in [2.05, 4.69) is 0 Å². The van der Waals surface area contributed by atoms with Crippen molar-refractivity contribution in [2.45, 2.75) is 46.0 Å². The second-order valence-corrected chi connectivity index (χ2v) is 4.45. The van der Waals surface area contributed by atoms with Crippen LogP contribution in [-0.4, -0.2) is 23.4 Å². The van der Waals surface area contributed by atoms with Gasteiger partial charge in [-0.05, 0) is 26.7 Å². The first-order valence-electron chi connectivity index (χ1n) is 6.34. The van der Waals surface area contributed by atoms with E-state index in [0.29, 0.717) is 0 Å². The van der Waals surface area contributed by atoms with Gasteiger partial charge in [0, 0.05) is 5.41 Å². The SMILES string of the molecule is CC=COC=CC.OCC1(CO)CCCCC1. The largest absolute Gasteiger partial charge is 0.473 e. The third-order valence-corrected chi connectivity index (χ3v) is 3.01. The Morgan fingerprint density at radius 3 is 1.71 bits per heavy atom. The first kappa shape index (κ1) is 16.2. The molecule has 0 aromatic carbocycles. The molecule has 0 aromatic heterocycles. The Balaban J connectivity index is 0.000000325. The molecule has 0 saturated heterocycles. The molecule has 0 atom stereocenters. The first-order valence-corrected chi connectivity index (χ1v) is 6.34. The normalized spacial score (nSPS) is 19.1. The summed E-state index contributed by atoms with van der Waals surface area (Å²) in [4.78, 5) is 0. The van der Waals surface area contributed by atoms with Crippen molar-refractivity contribution in [3.05, 3.63) is 24.7 Å². The summed E-state index contributed by atoms with van der Waals surface area (Å²) in [7, 11) is 0. The van der Waals surface area contributed by atoms with E-state index in [1.807, 2.05) is 26.0 Å². The highest BCUT2D eigenvalue weighted by Crippen LogP contribution is 2.34. The molecule has 0 aliphatic heterocycles. The highest BCUT2D eigenvalue weighted by atomic mass is 16.5. The van der Waals surface area contributed by atoms with Gasteiger partial charge < -0.3 is 14.9 Å². The summed E-state index contributed by atoms with van der Waals surface area (Å²) in [5.41, 5.74) is -0.127. The maximum Gasteiger partial charge on any atom is 0.0858 e. The van der Waals surface area contributed by atoms with Crippen molar-refractivity contribution in [3.63, 3.8) is 0 Å². The van der Waals surface area contributed by atoms with E-state index < -0.39 is 0 Å². The predicted molar refractivity (Wildman–Crippen MR) is 70.4 cm³/mol. The molecule has 100 valence electrons. The zero-order valence-corrected chi connectivity index (χ0v) is 11.1. The van der Waals surface area contributed by atoms with Crippen molar-refractivity contribution in [2.24, 2.45) is 5.41 Å². The summed E-state index contributed by atoms with van der Waals surface area (Å²) in [5, 5.41) is 18.0. The molecule has 1 fully saturated rings. The van der Waals surface area contributed by atoms with Crippen LogP contribution in [0, 0.1) is 5.41 Å². The Kier molecular flexibility index (Phi) is 9.87. The summed E-state index contributed by atoms with van der Waals surface area (Å²) in [6, 6.07) is 0. The summed E-state index contributed by atoms with van der Waals surface area (Å²) in [6.45, 7) is 4.12. The van der Waals surface area contributed by atoms with Gasteiger partial charge in [0.15, 0.2) is 0 Å². The monoisotopic (exact) mass is 242 g/mol. The lowest BCUT2D eigenvalue weighted by atomic mass is 9.75. The van der Waals surface area contributed by atoms with E-state index in [1.54, 1.807) is 12.5 Å². The maximum absolute atomic E-state index is 8.98. The molecule has 0 radical (unpaired) electrons. The van der Waals surface area contributed by atoms with E-state index >= 15 is 0 Å². The summed E-state index contributed by atoms with van der Waals surface area (Å²) < 4.78 is 4.77. The topological polar surface area (TPSA) is 49.7 Å². The molecule has 3 heteroatoms. The minimum absolute atomic E-state index is 0.127. The van der Waals surface area contributed by atoms with Gasteiger partial charge in [-0.15, -0.1) is 0 Å². The number of hydrogen-bond acceptors (Lipinski definition) is 3. The van der Waals surface area contributed by atoms with Crippen LogP contribution in [0.15, 0.2) is 24.7 Å². The van der Waals surface area contributed by atoms with Crippen molar-refractivity contribution in [1.82, 2.24) is 0 Å². The Hall–Kier alpha value is -0.800. The van der Waals surface area contributed by atoms with Crippen molar-refractivity contribution < 1.29 is 14.9 Å². The van der Waals surface area contributed by atoms with Crippen LogP contribution in [0.3, 0.4) is 0 Å². The molecule has 0 bridgehead atoms. The zero-order chi connectivity index (χ0) is 13.0. The fraction of sp³-hybridized carbons (Fsp3) is 0.714. The lowest BCUT2D eigenvalue weighted by molar-refractivity contribution is 0.0234. The van der Waals surface area contributed by atoms with Crippen LogP contribution in [-0.2, 0) is 4.74 Å². The van der Waals surface area contributed by atoms with Crippen LogP contribution in [0.5, 0.6) is 0 Å². The lowest BCUT2D eigenvalue weighted by Gasteiger charge is -2.33. The lowest BCUT2D eigenvalue weighted by Crippen LogP contribution is -2.31. The standard InChI is InChI=1S/C8H16O2.C6H10O/c9-6-8(7-10)4-2-1-3-5-8;1-3-5-7-6-4-2/h9-10H,1-7H2;3-6H,1-2H3. The number of allylic oxidation sites excluding steroid dienone is 2. The highest BCUT2D eigenvalue weighted by Gasteiger charge is 2.30. The molecular formula is C14H26O3. The van der Waals surface area contributed by atoms with Crippen molar-refractivity contribution in [3.8, 4) is 0 Å². The molecular weight excluding hydrogens is 216 g/mol. The number of hydrogen-bond donors (Lipinski definition) is 2. The van der Waals surface area contributed by atoms with Gasteiger partial charge in [-0.25, -0.2) is 0 Å².